The lowest BCUT2D eigenvalue weighted by Gasteiger charge is -2.31. The van der Waals surface area contributed by atoms with Crippen LogP contribution in [0.4, 0.5) is 5.69 Å². The van der Waals surface area contributed by atoms with E-state index in [9.17, 15) is 4.79 Å². The summed E-state index contributed by atoms with van der Waals surface area (Å²) in [6.07, 6.45) is 3.52. The van der Waals surface area contributed by atoms with E-state index in [1.54, 1.807) is 0 Å². The van der Waals surface area contributed by atoms with Gasteiger partial charge in [-0.2, -0.15) is 5.10 Å². The number of aryl methyl sites for hydroxylation is 1. The number of para-hydroxylation sites is 1. The van der Waals surface area contributed by atoms with Gasteiger partial charge in [0.2, 0.25) is 5.91 Å². The van der Waals surface area contributed by atoms with E-state index in [0.717, 1.165) is 25.1 Å². The quantitative estimate of drug-likeness (QED) is 0.880. The molecule has 0 unspecified atom stereocenters. The molecule has 1 atom stereocenters. The number of aromatic amines is 1. The number of H-pyrrole nitrogens is 1. The number of nitrogens with one attached hydrogen (secondary N) is 1. The lowest BCUT2D eigenvalue weighted by atomic mass is 10.0. The predicted octanol–water partition coefficient (Wildman–Crippen LogP) is 2.26. The van der Waals surface area contributed by atoms with Crippen molar-refractivity contribution in [1.82, 2.24) is 15.2 Å². The smallest absolute Gasteiger partial charge is 0.240 e. The van der Waals surface area contributed by atoms with Gasteiger partial charge in [0.25, 0.3) is 0 Å². The van der Waals surface area contributed by atoms with Crippen molar-refractivity contribution in [2.75, 3.05) is 11.4 Å². The third kappa shape index (κ3) is 2.56. The van der Waals surface area contributed by atoms with Gasteiger partial charge in [0, 0.05) is 12.2 Å². The second-order valence-electron chi connectivity index (χ2n) is 4.77. The van der Waals surface area contributed by atoms with Crippen LogP contribution in [0.5, 0.6) is 0 Å². The summed E-state index contributed by atoms with van der Waals surface area (Å²) in [6.45, 7) is 2.70. The van der Waals surface area contributed by atoms with Gasteiger partial charge in [-0.3, -0.25) is 9.89 Å². The summed E-state index contributed by atoms with van der Waals surface area (Å²) in [7, 11) is 0. The second kappa shape index (κ2) is 5.66. The Hall–Kier alpha value is -1.82. The van der Waals surface area contributed by atoms with Crippen LogP contribution in [0.2, 0.25) is 0 Å². The standard InChI is InChI=1S/C14H16N4OS/c1-10(20-14-15-9-16-17-14)13(19)18-8-4-6-11-5-2-3-7-12(11)18/h2-3,5,7,9-10H,4,6,8H2,1H3,(H,15,16,17)/t10-/m0/s1. The summed E-state index contributed by atoms with van der Waals surface area (Å²) >= 11 is 1.41. The highest BCUT2D eigenvalue weighted by Gasteiger charge is 2.27. The van der Waals surface area contributed by atoms with E-state index >= 15 is 0 Å². The Morgan fingerprint density at radius 1 is 1.45 bits per heavy atom. The molecule has 6 heteroatoms. The molecule has 104 valence electrons. The second-order valence-corrected chi connectivity index (χ2v) is 6.10. The Morgan fingerprint density at radius 3 is 3.10 bits per heavy atom. The molecule has 0 spiro atoms. The van der Waals surface area contributed by atoms with Crippen molar-refractivity contribution in [2.24, 2.45) is 0 Å². The number of hydrogen-bond acceptors (Lipinski definition) is 4. The van der Waals surface area contributed by atoms with E-state index in [2.05, 4.69) is 21.2 Å². The number of hydrogen-bond donors (Lipinski definition) is 1. The molecule has 0 bridgehead atoms. The fourth-order valence-electron chi connectivity index (χ4n) is 2.45. The lowest BCUT2D eigenvalue weighted by molar-refractivity contribution is -0.117. The molecule has 3 rings (SSSR count). The minimum absolute atomic E-state index is 0.124. The molecule has 1 aromatic carbocycles. The van der Waals surface area contributed by atoms with Crippen molar-refractivity contribution >= 4 is 23.4 Å². The maximum atomic E-state index is 12.6. The minimum Gasteiger partial charge on any atom is -0.311 e. The lowest BCUT2D eigenvalue weighted by Crippen LogP contribution is -2.40. The summed E-state index contributed by atoms with van der Waals surface area (Å²) in [5.41, 5.74) is 2.30. The van der Waals surface area contributed by atoms with Crippen molar-refractivity contribution in [1.29, 1.82) is 0 Å². The fraction of sp³-hybridized carbons (Fsp3) is 0.357. The van der Waals surface area contributed by atoms with Gasteiger partial charge in [-0.25, -0.2) is 4.98 Å². The summed E-state index contributed by atoms with van der Waals surface area (Å²) in [5, 5.41) is 7.07. The third-order valence-electron chi connectivity index (χ3n) is 3.41. The molecule has 1 aliphatic rings. The van der Waals surface area contributed by atoms with Crippen LogP contribution >= 0.6 is 11.8 Å². The first kappa shape index (κ1) is 13.2. The highest BCUT2D eigenvalue weighted by Crippen LogP contribution is 2.29. The molecule has 2 heterocycles. The van der Waals surface area contributed by atoms with Crippen LogP contribution in [-0.2, 0) is 11.2 Å². The minimum atomic E-state index is -0.186. The number of anilines is 1. The number of rotatable bonds is 3. The maximum Gasteiger partial charge on any atom is 0.240 e. The Bertz CT molecular complexity index is 599. The number of carbonyl (C=O) groups is 1. The van der Waals surface area contributed by atoms with Crippen molar-refractivity contribution < 1.29 is 4.79 Å². The van der Waals surface area contributed by atoms with E-state index in [1.165, 1.54) is 23.7 Å². The molecule has 5 nitrogen and oxygen atoms in total. The Kier molecular flexibility index (Phi) is 3.73. The molecule has 20 heavy (non-hydrogen) atoms. The number of aromatic nitrogens is 3. The predicted molar refractivity (Wildman–Crippen MR) is 78.8 cm³/mol. The Balaban J connectivity index is 1.77. The summed E-state index contributed by atoms with van der Waals surface area (Å²) in [6, 6.07) is 8.14. The molecular weight excluding hydrogens is 272 g/mol. The van der Waals surface area contributed by atoms with Crippen LogP contribution in [0.3, 0.4) is 0 Å². The van der Waals surface area contributed by atoms with Crippen molar-refractivity contribution in [2.45, 2.75) is 30.2 Å². The number of fused-ring (bicyclic) bond motifs is 1. The van der Waals surface area contributed by atoms with Crippen LogP contribution in [-0.4, -0.2) is 32.9 Å². The van der Waals surface area contributed by atoms with E-state index in [4.69, 9.17) is 0 Å². The zero-order valence-electron chi connectivity index (χ0n) is 11.2. The van der Waals surface area contributed by atoms with Crippen molar-refractivity contribution in [3.05, 3.63) is 36.2 Å². The number of amides is 1. The first-order valence-electron chi connectivity index (χ1n) is 6.67. The van der Waals surface area contributed by atoms with Gasteiger partial charge in [0.15, 0.2) is 5.16 Å². The first-order valence-corrected chi connectivity index (χ1v) is 7.55. The molecule has 1 aliphatic heterocycles. The molecule has 1 aromatic heterocycles. The largest absolute Gasteiger partial charge is 0.311 e. The van der Waals surface area contributed by atoms with Crippen LogP contribution in [0.1, 0.15) is 18.9 Å². The summed E-state index contributed by atoms with van der Waals surface area (Å²) < 4.78 is 0. The molecule has 0 saturated carbocycles. The molecule has 2 aromatic rings. The van der Waals surface area contributed by atoms with Gasteiger partial charge in [-0.1, -0.05) is 30.0 Å². The number of nitrogens with zero attached hydrogens (tertiary/aromatic N) is 3. The van der Waals surface area contributed by atoms with Gasteiger partial charge < -0.3 is 4.90 Å². The third-order valence-corrected chi connectivity index (χ3v) is 4.38. The fourth-order valence-corrected chi connectivity index (χ4v) is 3.23. The molecular formula is C14H16N4OS. The average molecular weight is 288 g/mol. The highest BCUT2D eigenvalue weighted by molar-refractivity contribution is 8.00. The summed E-state index contributed by atoms with van der Waals surface area (Å²) in [4.78, 5) is 18.6. The maximum absolute atomic E-state index is 12.6. The zero-order chi connectivity index (χ0) is 13.9. The van der Waals surface area contributed by atoms with Crippen LogP contribution in [0, 0.1) is 0 Å². The molecule has 1 amide bonds. The first-order chi connectivity index (χ1) is 9.75. The van der Waals surface area contributed by atoms with E-state index < -0.39 is 0 Å². The van der Waals surface area contributed by atoms with Gasteiger partial charge in [-0.15, -0.1) is 0 Å². The number of thioether (sulfide) groups is 1. The monoisotopic (exact) mass is 288 g/mol. The van der Waals surface area contributed by atoms with Crippen LogP contribution < -0.4 is 4.90 Å². The molecule has 1 N–H and O–H groups in total. The molecule has 0 radical (unpaired) electrons. The molecule has 0 fully saturated rings. The Morgan fingerprint density at radius 2 is 2.30 bits per heavy atom. The summed E-state index contributed by atoms with van der Waals surface area (Å²) in [5.74, 6) is 0.124. The average Bonchev–Trinajstić information content (AvgIpc) is 2.99. The highest BCUT2D eigenvalue weighted by atomic mass is 32.2. The van der Waals surface area contributed by atoms with Crippen molar-refractivity contribution in [3.63, 3.8) is 0 Å². The number of carbonyl (C=O) groups excluding carboxylic acids is 1. The van der Waals surface area contributed by atoms with Gasteiger partial charge in [0.05, 0.1) is 5.25 Å². The van der Waals surface area contributed by atoms with Gasteiger partial charge in [-0.05, 0) is 31.4 Å². The van der Waals surface area contributed by atoms with Crippen LogP contribution in [0.25, 0.3) is 0 Å². The normalized spacial score (nSPS) is 15.8. The zero-order valence-corrected chi connectivity index (χ0v) is 12.1. The van der Waals surface area contributed by atoms with E-state index in [0.29, 0.717) is 5.16 Å². The number of benzene rings is 1. The van der Waals surface area contributed by atoms with Crippen molar-refractivity contribution in [3.8, 4) is 0 Å². The molecule has 0 aliphatic carbocycles. The topological polar surface area (TPSA) is 61.9 Å². The van der Waals surface area contributed by atoms with E-state index in [1.807, 2.05) is 30.0 Å². The van der Waals surface area contributed by atoms with Gasteiger partial charge in [0.1, 0.15) is 6.33 Å². The molecule has 0 saturated heterocycles. The van der Waals surface area contributed by atoms with Crippen LogP contribution in [0.15, 0.2) is 35.7 Å². The van der Waals surface area contributed by atoms with E-state index in [-0.39, 0.29) is 11.2 Å². The SMILES string of the molecule is C[C@H](Sc1ncn[nH]1)C(=O)N1CCCc2ccccc21. The Labute approximate surface area is 121 Å². The van der Waals surface area contributed by atoms with Gasteiger partial charge >= 0.3 is 0 Å².